The smallest absolute Gasteiger partial charge is 0.295 e. The quantitative estimate of drug-likeness (QED) is 0.352. The third kappa shape index (κ3) is 3.48. The number of likely N-dealkylation sites (tertiary alicyclic amines) is 1. The molecule has 0 bridgehead atoms. The molecule has 1 fully saturated rings. The highest BCUT2D eigenvalue weighted by Crippen LogP contribution is 2.41. The summed E-state index contributed by atoms with van der Waals surface area (Å²) in [6.45, 7) is 2.18. The first kappa shape index (κ1) is 20.5. The lowest BCUT2D eigenvalue weighted by atomic mass is 9.94. The number of fused-ring (bicyclic) bond motifs is 1. The maximum absolute atomic E-state index is 13.6. The molecule has 0 aliphatic carbocycles. The number of carbonyl (C=O) groups is 2. The van der Waals surface area contributed by atoms with Gasteiger partial charge < -0.3 is 14.7 Å². The summed E-state index contributed by atoms with van der Waals surface area (Å²) in [7, 11) is 0. The molecule has 0 saturated carbocycles. The van der Waals surface area contributed by atoms with Crippen LogP contribution in [0.2, 0.25) is 0 Å². The minimum absolute atomic E-state index is 0.00470. The largest absolute Gasteiger partial charge is 0.507 e. The second-order valence-electron chi connectivity index (χ2n) is 8.01. The van der Waals surface area contributed by atoms with Crippen molar-refractivity contribution in [3.05, 3.63) is 92.9 Å². The van der Waals surface area contributed by atoms with Gasteiger partial charge in [-0.15, -0.1) is 11.3 Å². The summed E-state index contributed by atoms with van der Waals surface area (Å²) in [5.41, 5.74) is 1.95. The van der Waals surface area contributed by atoms with Gasteiger partial charge in [0.25, 0.3) is 11.7 Å². The topological polar surface area (TPSA) is 66.8 Å². The zero-order valence-corrected chi connectivity index (χ0v) is 18.1. The summed E-state index contributed by atoms with van der Waals surface area (Å²) >= 11 is 1.47. The lowest BCUT2D eigenvalue weighted by Crippen LogP contribution is -2.28. The molecule has 0 spiro atoms. The molecular weight excluding hydrogens is 429 g/mol. The Labute approximate surface area is 188 Å². The van der Waals surface area contributed by atoms with E-state index < -0.39 is 23.5 Å². The highest BCUT2D eigenvalue weighted by molar-refractivity contribution is 7.09. The van der Waals surface area contributed by atoms with Crippen LogP contribution in [-0.2, 0) is 22.6 Å². The SMILES string of the molecule is CC1Cc2cc(/C(O)=C3/C(=O)C(=O)N(Cc4cccs4)C3c3ccc(F)cc3)ccc2O1. The maximum atomic E-state index is 13.6. The molecule has 1 aromatic heterocycles. The number of aliphatic hydroxyl groups is 1. The predicted molar refractivity (Wildman–Crippen MR) is 119 cm³/mol. The van der Waals surface area contributed by atoms with E-state index in [1.165, 1.54) is 28.4 Å². The summed E-state index contributed by atoms with van der Waals surface area (Å²) in [5.74, 6) is -1.35. The molecule has 3 aromatic rings. The molecule has 5 nitrogen and oxygen atoms in total. The number of halogens is 1. The van der Waals surface area contributed by atoms with Crippen LogP contribution in [0.5, 0.6) is 5.75 Å². The summed E-state index contributed by atoms with van der Waals surface area (Å²) in [6, 6.07) is 13.8. The van der Waals surface area contributed by atoms with Crippen molar-refractivity contribution in [1.82, 2.24) is 4.90 Å². The van der Waals surface area contributed by atoms with E-state index in [2.05, 4.69) is 0 Å². The number of aliphatic hydroxyl groups excluding tert-OH is 1. The van der Waals surface area contributed by atoms with E-state index in [1.807, 2.05) is 24.4 Å². The number of ether oxygens (including phenoxy) is 1. The van der Waals surface area contributed by atoms with Gasteiger partial charge in [0.15, 0.2) is 0 Å². The molecular formula is C25H20FNO4S. The Kier molecular flexibility index (Phi) is 5.06. The first-order valence-corrected chi connectivity index (χ1v) is 11.2. The van der Waals surface area contributed by atoms with E-state index in [0.29, 0.717) is 17.5 Å². The van der Waals surface area contributed by atoms with Crippen molar-refractivity contribution in [2.45, 2.75) is 32.0 Å². The Hall–Kier alpha value is -3.45. The standard InChI is InChI=1S/C25H20FNO4S/c1-14-11-17-12-16(6-9-20(17)31-14)23(28)21-22(15-4-7-18(26)8-5-15)27(25(30)24(21)29)13-19-3-2-10-32-19/h2-10,12,14,22,28H,11,13H2,1H3/b23-21-. The van der Waals surface area contributed by atoms with Crippen LogP contribution in [0, 0.1) is 5.82 Å². The molecule has 1 amide bonds. The van der Waals surface area contributed by atoms with Crippen molar-refractivity contribution in [3.63, 3.8) is 0 Å². The molecule has 2 unspecified atom stereocenters. The van der Waals surface area contributed by atoms with E-state index in [4.69, 9.17) is 4.74 Å². The molecule has 162 valence electrons. The summed E-state index contributed by atoms with van der Waals surface area (Å²) in [5, 5.41) is 13.1. The van der Waals surface area contributed by atoms with Crippen LogP contribution >= 0.6 is 11.3 Å². The molecule has 2 atom stereocenters. The Balaban J connectivity index is 1.63. The van der Waals surface area contributed by atoms with Crippen molar-refractivity contribution in [2.75, 3.05) is 0 Å². The highest BCUT2D eigenvalue weighted by Gasteiger charge is 2.46. The van der Waals surface area contributed by atoms with E-state index in [0.717, 1.165) is 16.2 Å². The van der Waals surface area contributed by atoms with Gasteiger partial charge >= 0.3 is 0 Å². The van der Waals surface area contributed by atoms with Gasteiger partial charge in [-0.25, -0.2) is 4.39 Å². The number of Topliss-reactive ketones (excluding diaryl/α,β-unsaturated/α-hetero) is 1. The average Bonchev–Trinajstić information content (AvgIpc) is 3.48. The van der Waals surface area contributed by atoms with Gasteiger partial charge in [0, 0.05) is 16.9 Å². The number of hydrogen-bond acceptors (Lipinski definition) is 5. The van der Waals surface area contributed by atoms with Crippen LogP contribution in [0.4, 0.5) is 4.39 Å². The fraction of sp³-hybridized carbons (Fsp3) is 0.200. The lowest BCUT2D eigenvalue weighted by Gasteiger charge is -2.25. The van der Waals surface area contributed by atoms with E-state index in [-0.39, 0.29) is 24.0 Å². The number of thiophene rings is 1. The Morgan fingerprint density at radius 3 is 2.69 bits per heavy atom. The van der Waals surface area contributed by atoms with Crippen LogP contribution in [0.25, 0.3) is 5.76 Å². The number of rotatable bonds is 4. The molecule has 1 saturated heterocycles. The second-order valence-corrected chi connectivity index (χ2v) is 9.05. The van der Waals surface area contributed by atoms with Crippen LogP contribution in [-0.4, -0.2) is 27.8 Å². The van der Waals surface area contributed by atoms with Crippen LogP contribution in [0.1, 0.15) is 34.5 Å². The van der Waals surface area contributed by atoms with E-state index in [9.17, 15) is 19.1 Å². The van der Waals surface area contributed by atoms with Crippen molar-refractivity contribution < 1.29 is 23.8 Å². The number of nitrogens with zero attached hydrogens (tertiary/aromatic N) is 1. The van der Waals surface area contributed by atoms with Gasteiger partial charge in [-0.2, -0.15) is 0 Å². The van der Waals surface area contributed by atoms with Crippen molar-refractivity contribution in [1.29, 1.82) is 0 Å². The minimum atomic E-state index is -0.818. The fourth-order valence-corrected chi connectivity index (χ4v) is 5.03. The molecule has 5 rings (SSSR count). The van der Waals surface area contributed by atoms with Gasteiger partial charge in [0.1, 0.15) is 23.4 Å². The molecule has 32 heavy (non-hydrogen) atoms. The number of benzene rings is 2. The van der Waals surface area contributed by atoms with Gasteiger partial charge in [-0.3, -0.25) is 9.59 Å². The summed E-state index contributed by atoms with van der Waals surface area (Å²) in [4.78, 5) is 28.4. The molecule has 0 radical (unpaired) electrons. The average molecular weight is 450 g/mol. The Bertz CT molecular complexity index is 1230. The molecule has 1 N–H and O–H groups in total. The normalized spacial score (nSPS) is 21.6. The van der Waals surface area contributed by atoms with Crippen LogP contribution in [0.15, 0.2) is 65.6 Å². The number of hydrogen-bond donors (Lipinski definition) is 1. The van der Waals surface area contributed by atoms with Gasteiger partial charge in [0.05, 0.1) is 18.2 Å². The Morgan fingerprint density at radius 2 is 1.97 bits per heavy atom. The first-order chi connectivity index (χ1) is 15.4. The van der Waals surface area contributed by atoms with Crippen LogP contribution < -0.4 is 4.74 Å². The van der Waals surface area contributed by atoms with Gasteiger partial charge in [-0.1, -0.05) is 18.2 Å². The Morgan fingerprint density at radius 1 is 1.19 bits per heavy atom. The van der Waals surface area contributed by atoms with E-state index in [1.54, 1.807) is 30.3 Å². The third-order valence-electron chi connectivity index (χ3n) is 5.80. The third-order valence-corrected chi connectivity index (χ3v) is 6.66. The zero-order valence-electron chi connectivity index (χ0n) is 17.2. The lowest BCUT2D eigenvalue weighted by molar-refractivity contribution is -0.140. The first-order valence-electron chi connectivity index (χ1n) is 10.3. The minimum Gasteiger partial charge on any atom is -0.507 e. The van der Waals surface area contributed by atoms with Crippen molar-refractivity contribution in [3.8, 4) is 5.75 Å². The summed E-state index contributed by atoms with van der Waals surface area (Å²) < 4.78 is 19.3. The van der Waals surface area contributed by atoms with Crippen LogP contribution in [0.3, 0.4) is 0 Å². The molecule has 2 aromatic carbocycles. The maximum Gasteiger partial charge on any atom is 0.295 e. The monoisotopic (exact) mass is 449 g/mol. The molecule has 2 aliphatic heterocycles. The van der Waals surface area contributed by atoms with E-state index >= 15 is 0 Å². The number of ketones is 1. The van der Waals surface area contributed by atoms with Gasteiger partial charge in [-0.05, 0) is 59.8 Å². The number of amides is 1. The fourth-order valence-electron chi connectivity index (χ4n) is 4.33. The highest BCUT2D eigenvalue weighted by atomic mass is 32.1. The molecule has 3 heterocycles. The second kappa shape index (κ2) is 7.91. The van der Waals surface area contributed by atoms with Gasteiger partial charge in [0.2, 0.25) is 0 Å². The zero-order chi connectivity index (χ0) is 22.4. The van der Waals surface area contributed by atoms with Crippen molar-refractivity contribution >= 4 is 28.8 Å². The van der Waals surface area contributed by atoms with Crippen molar-refractivity contribution in [2.24, 2.45) is 0 Å². The number of carbonyl (C=O) groups excluding carboxylic acids is 2. The molecule has 7 heteroatoms. The predicted octanol–water partition coefficient (Wildman–Crippen LogP) is 4.83. The summed E-state index contributed by atoms with van der Waals surface area (Å²) in [6.07, 6.45) is 0.739. The molecule has 2 aliphatic rings.